The van der Waals surface area contributed by atoms with E-state index in [1.165, 1.54) is 0 Å². The molecule has 2 aromatic heterocycles. The quantitative estimate of drug-likeness (QED) is 0.177. The highest BCUT2D eigenvalue weighted by molar-refractivity contribution is 6.07. The summed E-state index contributed by atoms with van der Waals surface area (Å²) in [6.07, 6.45) is 0. The number of rotatable bonds is 0. The standard InChI is InChI=1S/C38H30N6O4/c45-35-31-11-5-13-33(43-31)37(47)41-21-29-25-7-1-2-8-26(25)30(28-10-4-3-9-27(28)29)22-42-38(48)34-14-6-12-32(44-34)36(46)40-20-24-17-15-23(16-18-24)19-39-35/h1-18H,19-22H2,(H,39,45)(H,40,46)(H,41,47)(H,42,48). The highest BCUT2D eigenvalue weighted by atomic mass is 16.2. The summed E-state index contributed by atoms with van der Waals surface area (Å²) >= 11 is 0. The van der Waals surface area contributed by atoms with Crippen LogP contribution in [0, 0.1) is 0 Å². The summed E-state index contributed by atoms with van der Waals surface area (Å²) in [5, 5.41) is 15.4. The summed E-state index contributed by atoms with van der Waals surface area (Å²) in [4.78, 5) is 61.3. The zero-order valence-corrected chi connectivity index (χ0v) is 25.7. The van der Waals surface area contributed by atoms with Crippen molar-refractivity contribution in [2.24, 2.45) is 0 Å². The van der Waals surface area contributed by atoms with Crippen LogP contribution in [0.5, 0.6) is 0 Å². The lowest BCUT2D eigenvalue weighted by Crippen LogP contribution is -2.28. The van der Waals surface area contributed by atoms with Crippen molar-refractivity contribution in [3.8, 4) is 0 Å². The topological polar surface area (TPSA) is 142 Å². The SMILES string of the molecule is O=C1NCc2ccc(cc2)CNC(=O)c2cccc(n2)C(=O)NCc2c3ccccc3c(c3ccccc23)CNC(=O)c2cccc1n2. The second-order valence-electron chi connectivity index (χ2n) is 11.4. The van der Waals surface area contributed by atoms with Gasteiger partial charge in [0.1, 0.15) is 22.8 Å². The summed E-state index contributed by atoms with van der Waals surface area (Å²) < 4.78 is 0. The smallest absolute Gasteiger partial charge is 0.270 e. The van der Waals surface area contributed by atoms with Crippen LogP contribution in [-0.4, -0.2) is 33.6 Å². The molecule has 6 heterocycles. The third kappa shape index (κ3) is 6.19. The van der Waals surface area contributed by atoms with Crippen molar-refractivity contribution in [3.63, 3.8) is 0 Å². The molecule has 4 aliphatic rings. The van der Waals surface area contributed by atoms with Crippen LogP contribution in [0.15, 0.2) is 109 Å². The number of carbonyl (C=O) groups excluding carboxylic acids is 4. The maximum absolute atomic E-state index is 13.3. The Labute approximate surface area is 275 Å². The Hall–Kier alpha value is -6.42. The van der Waals surface area contributed by atoms with Crippen molar-refractivity contribution in [2.45, 2.75) is 26.2 Å². The third-order valence-electron chi connectivity index (χ3n) is 8.36. The molecule has 4 amide bonds. The fraction of sp³-hybridized carbons (Fsp3) is 0.105. The highest BCUT2D eigenvalue weighted by Crippen LogP contribution is 2.33. The van der Waals surface area contributed by atoms with Gasteiger partial charge in [0.25, 0.3) is 23.6 Å². The van der Waals surface area contributed by atoms with Gasteiger partial charge in [-0.05, 0) is 68.1 Å². The molecule has 6 aromatic rings. The van der Waals surface area contributed by atoms with E-state index in [1.54, 1.807) is 36.4 Å². The Kier molecular flexibility index (Phi) is 8.27. The van der Waals surface area contributed by atoms with E-state index in [4.69, 9.17) is 0 Å². The zero-order chi connectivity index (χ0) is 33.0. The zero-order valence-electron chi connectivity index (χ0n) is 25.7. The molecule has 0 fully saturated rings. The molecule has 0 saturated heterocycles. The average molecular weight is 635 g/mol. The first kappa shape index (κ1) is 30.2. The molecule has 0 aliphatic carbocycles. The largest absolute Gasteiger partial charge is 0.347 e. The lowest BCUT2D eigenvalue weighted by molar-refractivity contribution is 0.0925. The van der Waals surface area contributed by atoms with Crippen molar-refractivity contribution in [1.82, 2.24) is 31.2 Å². The lowest BCUT2D eigenvalue weighted by atomic mass is 9.91. The minimum absolute atomic E-state index is 0.126. The predicted octanol–water partition coefficient (Wildman–Crippen LogP) is 4.82. The summed E-state index contributed by atoms with van der Waals surface area (Å²) in [6, 6.07) is 32.6. The Morgan fingerprint density at radius 3 is 0.958 bits per heavy atom. The third-order valence-corrected chi connectivity index (χ3v) is 8.36. The Morgan fingerprint density at radius 1 is 0.354 bits per heavy atom. The van der Waals surface area contributed by atoms with E-state index in [0.29, 0.717) is 0 Å². The Morgan fingerprint density at radius 2 is 0.646 bits per heavy atom. The monoisotopic (exact) mass is 634 g/mol. The van der Waals surface area contributed by atoms with E-state index >= 15 is 0 Å². The molecule has 4 aromatic carbocycles. The second-order valence-corrected chi connectivity index (χ2v) is 11.4. The molecule has 10 rings (SSSR count). The van der Waals surface area contributed by atoms with E-state index in [-0.39, 0.29) is 49.0 Å². The summed E-state index contributed by atoms with van der Waals surface area (Å²) in [7, 11) is 0. The number of benzene rings is 4. The molecule has 0 spiro atoms. The minimum atomic E-state index is -0.409. The molecular formula is C38H30N6O4. The first-order valence-corrected chi connectivity index (χ1v) is 15.5. The second kappa shape index (κ2) is 13.1. The average Bonchev–Trinajstić information content (AvgIpc) is 3.14. The van der Waals surface area contributed by atoms with Crippen LogP contribution in [-0.2, 0) is 26.2 Å². The van der Waals surface area contributed by atoms with Gasteiger partial charge in [0.15, 0.2) is 0 Å². The number of hydrogen-bond donors (Lipinski definition) is 4. The van der Waals surface area contributed by atoms with Gasteiger partial charge in [0, 0.05) is 26.2 Å². The fourth-order valence-electron chi connectivity index (χ4n) is 5.90. The van der Waals surface area contributed by atoms with Gasteiger partial charge in [-0.2, -0.15) is 0 Å². The van der Waals surface area contributed by atoms with Crippen molar-refractivity contribution in [3.05, 3.63) is 154 Å². The number of amides is 4. The number of nitrogens with zero attached hydrogens (tertiary/aromatic N) is 2. The number of hydrogen-bond acceptors (Lipinski definition) is 6. The molecule has 0 radical (unpaired) electrons. The number of carbonyl (C=O) groups is 4. The van der Waals surface area contributed by atoms with Gasteiger partial charge >= 0.3 is 0 Å². The lowest BCUT2D eigenvalue weighted by Gasteiger charge is -2.18. The van der Waals surface area contributed by atoms with Gasteiger partial charge in [-0.1, -0.05) is 84.9 Å². The minimum Gasteiger partial charge on any atom is -0.347 e. The molecule has 4 aliphatic heterocycles. The normalized spacial score (nSPS) is 14.3. The number of pyridine rings is 2. The van der Waals surface area contributed by atoms with Gasteiger partial charge in [-0.3, -0.25) is 19.2 Å². The van der Waals surface area contributed by atoms with E-state index in [1.807, 2.05) is 72.8 Å². The van der Waals surface area contributed by atoms with Gasteiger partial charge < -0.3 is 21.3 Å². The maximum Gasteiger partial charge on any atom is 0.270 e. The molecule has 236 valence electrons. The van der Waals surface area contributed by atoms with Crippen LogP contribution in [0.4, 0.5) is 0 Å². The van der Waals surface area contributed by atoms with Crippen molar-refractivity contribution in [2.75, 3.05) is 0 Å². The number of aromatic nitrogens is 2. The van der Waals surface area contributed by atoms with Crippen LogP contribution >= 0.6 is 0 Å². The van der Waals surface area contributed by atoms with Crippen LogP contribution in [0.2, 0.25) is 0 Å². The fourth-order valence-corrected chi connectivity index (χ4v) is 5.90. The molecule has 10 heteroatoms. The number of nitrogens with one attached hydrogen (secondary N) is 4. The summed E-state index contributed by atoms with van der Waals surface area (Å²) in [5.41, 5.74) is 4.02. The van der Waals surface area contributed by atoms with Crippen LogP contribution in [0.1, 0.15) is 64.2 Å². The van der Waals surface area contributed by atoms with Crippen LogP contribution < -0.4 is 21.3 Å². The molecule has 48 heavy (non-hydrogen) atoms. The molecule has 0 atom stereocenters. The molecule has 0 unspecified atom stereocenters. The Balaban J connectivity index is 1.26. The van der Waals surface area contributed by atoms with Crippen LogP contribution in [0.3, 0.4) is 0 Å². The van der Waals surface area contributed by atoms with Crippen molar-refractivity contribution >= 4 is 45.2 Å². The van der Waals surface area contributed by atoms with Crippen LogP contribution in [0.25, 0.3) is 21.5 Å². The van der Waals surface area contributed by atoms with Gasteiger partial charge in [0.2, 0.25) is 0 Å². The van der Waals surface area contributed by atoms with E-state index in [0.717, 1.165) is 43.8 Å². The predicted molar refractivity (Wildman–Crippen MR) is 181 cm³/mol. The summed E-state index contributed by atoms with van der Waals surface area (Å²) in [6.45, 7) is 0.912. The van der Waals surface area contributed by atoms with Gasteiger partial charge in [-0.15, -0.1) is 0 Å². The summed E-state index contributed by atoms with van der Waals surface area (Å²) in [5.74, 6) is -1.63. The van der Waals surface area contributed by atoms with Gasteiger partial charge in [-0.25, -0.2) is 9.97 Å². The molecular weight excluding hydrogens is 604 g/mol. The Bertz CT molecular complexity index is 2020. The first-order chi connectivity index (χ1) is 23.4. The van der Waals surface area contributed by atoms with Gasteiger partial charge in [0.05, 0.1) is 0 Å². The molecule has 4 N–H and O–H groups in total. The van der Waals surface area contributed by atoms with E-state index in [9.17, 15) is 19.2 Å². The first-order valence-electron chi connectivity index (χ1n) is 15.5. The van der Waals surface area contributed by atoms with E-state index < -0.39 is 23.6 Å². The van der Waals surface area contributed by atoms with E-state index in [2.05, 4.69) is 31.2 Å². The highest BCUT2D eigenvalue weighted by Gasteiger charge is 2.18. The van der Waals surface area contributed by atoms with Crippen molar-refractivity contribution < 1.29 is 19.2 Å². The molecule has 10 nitrogen and oxygen atoms in total. The molecule has 0 saturated carbocycles. The van der Waals surface area contributed by atoms with Crippen molar-refractivity contribution in [1.29, 1.82) is 0 Å². The maximum atomic E-state index is 13.3. The molecule has 8 bridgehead atoms.